The van der Waals surface area contributed by atoms with Gasteiger partial charge in [-0.3, -0.25) is 4.90 Å². The van der Waals surface area contributed by atoms with E-state index in [2.05, 4.69) is 57.6 Å². The fourth-order valence-corrected chi connectivity index (χ4v) is 4.69. The Hall–Kier alpha value is -2.04. The van der Waals surface area contributed by atoms with Crippen molar-refractivity contribution in [2.45, 2.75) is 44.7 Å². The van der Waals surface area contributed by atoms with Crippen LogP contribution in [0.4, 0.5) is 5.69 Å². The number of nitrogens with one attached hydrogen (secondary N) is 1. The maximum Gasteiger partial charge on any atom is 0.119 e. The zero-order chi connectivity index (χ0) is 19.9. The van der Waals surface area contributed by atoms with Crippen molar-refractivity contribution in [2.24, 2.45) is 0 Å². The van der Waals surface area contributed by atoms with Gasteiger partial charge >= 0.3 is 0 Å². The molecule has 2 aromatic rings. The standard InChI is InChI=1S/C25H35N3O/c1-29-24-9-7-8-22(18-24)25(28-16-5-6-17-28)20-26-19-21-10-12-23(13-11-21)27-14-3-2-4-15-27/h7-13,18,25-26H,2-6,14-17,19-20H2,1H3/t25-/m0/s1. The minimum Gasteiger partial charge on any atom is -0.497 e. The third-order valence-corrected chi connectivity index (χ3v) is 6.38. The van der Waals surface area contributed by atoms with Crippen molar-refractivity contribution in [2.75, 3.05) is 44.7 Å². The van der Waals surface area contributed by atoms with Gasteiger partial charge in [-0.2, -0.15) is 0 Å². The van der Waals surface area contributed by atoms with Crippen LogP contribution in [-0.2, 0) is 6.54 Å². The van der Waals surface area contributed by atoms with Gasteiger partial charge < -0.3 is 15.0 Å². The Morgan fingerprint density at radius 1 is 0.897 bits per heavy atom. The van der Waals surface area contributed by atoms with Crippen LogP contribution in [0, 0.1) is 0 Å². The Labute approximate surface area is 175 Å². The summed E-state index contributed by atoms with van der Waals surface area (Å²) in [4.78, 5) is 5.13. The summed E-state index contributed by atoms with van der Waals surface area (Å²) in [7, 11) is 1.75. The van der Waals surface area contributed by atoms with Crippen LogP contribution < -0.4 is 15.0 Å². The van der Waals surface area contributed by atoms with E-state index in [1.54, 1.807) is 7.11 Å². The van der Waals surface area contributed by atoms with Crippen molar-refractivity contribution in [1.29, 1.82) is 0 Å². The highest BCUT2D eigenvalue weighted by Crippen LogP contribution is 2.27. The Morgan fingerprint density at radius 3 is 2.34 bits per heavy atom. The molecule has 1 N–H and O–H groups in total. The minimum atomic E-state index is 0.403. The largest absolute Gasteiger partial charge is 0.497 e. The highest BCUT2D eigenvalue weighted by molar-refractivity contribution is 5.47. The summed E-state index contributed by atoms with van der Waals surface area (Å²) >= 11 is 0. The molecule has 29 heavy (non-hydrogen) atoms. The monoisotopic (exact) mass is 393 g/mol. The number of piperidine rings is 1. The molecular formula is C25H35N3O. The summed E-state index contributed by atoms with van der Waals surface area (Å²) < 4.78 is 5.46. The van der Waals surface area contributed by atoms with E-state index in [9.17, 15) is 0 Å². The van der Waals surface area contributed by atoms with Crippen molar-refractivity contribution < 1.29 is 4.74 Å². The molecule has 0 amide bonds. The molecule has 0 spiro atoms. The third kappa shape index (κ3) is 5.31. The Kier molecular flexibility index (Phi) is 7.07. The van der Waals surface area contributed by atoms with Gasteiger partial charge in [-0.15, -0.1) is 0 Å². The number of hydrogen-bond donors (Lipinski definition) is 1. The average molecular weight is 394 g/mol. The lowest BCUT2D eigenvalue weighted by atomic mass is 10.0. The summed E-state index contributed by atoms with van der Waals surface area (Å²) in [6, 6.07) is 18.1. The molecule has 0 saturated carbocycles. The lowest BCUT2D eigenvalue weighted by Gasteiger charge is -2.29. The van der Waals surface area contributed by atoms with Gasteiger partial charge in [0, 0.05) is 37.9 Å². The van der Waals surface area contributed by atoms with E-state index < -0.39 is 0 Å². The summed E-state index contributed by atoms with van der Waals surface area (Å²) in [5.74, 6) is 0.944. The van der Waals surface area contributed by atoms with Crippen LogP contribution in [0.5, 0.6) is 5.75 Å². The van der Waals surface area contributed by atoms with Crippen molar-refractivity contribution in [3.05, 3.63) is 59.7 Å². The second-order valence-electron chi connectivity index (χ2n) is 8.38. The van der Waals surface area contributed by atoms with Gasteiger partial charge in [-0.05, 0) is 80.6 Å². The predicted octanol–water partition coefficient (Wildman–Crippen LogP) is 4.61. The quantitative estimate of drug-likeness (QED) is 0.709. The van der Waals surface area contributed by atoms with Crippen molar-refractivity contribution in [1.82, 2.24) is 10.2 Å². The molecule has 0 aliphatic carbocycles. The number of nitrogens with zero attached hydrogens (tertiary/aromatic N) is 2. The molecule has 4 nitrogen and oxygen atoms in total. The van der Waals surface area contributed by atoms with E-state index in [-0.39, 0.29) is 0 Å². The molecule has 4 rings (SSSR count). The molecule has 2 fully saturated rings. The topological polar surface area (TPSA) is 27.7 Å². The van der Waals surface area contributed by atoms with Crippen LogP contribution in [0.2, 0.25) is 0 Å². The molecule has 2 heterocycles. The van der Waals surface area contributed by atoms with Crippen molar-refractivity contribution in [3.63, 3.8) is 0 Å². The first-order valence-electron chi connectivity index (χ1n) is 11.3. The second-order valence-corrected chi connectivity index (χ2v) is 8.38. The van der Waals surface area contributed by atoms with Crippen LogP contribution >= 0.6 is 0 Å². The van der Waals surface area contributed by atoms with Crippen molar-refractivity contribution in [3.8, 4) is 5.75 Å². The molecule has 2 saturated heterocycles. The van der Waals surface area contributed by atoms with Crippen LogP contribution in [0.25, 0.3) is 0 Å². The van der Waals surface area contributed by atoms with Crippen LogP contribution in [0.3, 0.4) is 0 Å². The summed E-state index contributed by atoms with van der Waals surface area (Å²) in [5.41, 5.74) is 4.08. The number of hydrogen-bond acceptors (Lipinski definition) is 4. The molecule has 0 aromatic heterocycles. The number of methoxy groups -OCH3 is 1. The first-order chi connectivity index (χ1) is 14.3. The number of anilines is 1. The molecule has 0 radical (unpaired) electrons. The van der Waals surface area contributed by atoms with Gasteiger partial charge in [-0.1, -0.05) is 24.3 Å². The molecule has 4 heteroatoms. The van der Waals surface area contributed by atoms with Gasteiger partial charge in [-0.25, -0.2) is 0 Å². The van der Waals surface area contributed by atoms with Gasteiger partial charge in [0.25, 0.3) is 0 Å². The molecule has 0 bridgehead atoms. The molecule has 2 aromatic carbocycles. The lowest BCUT2D eigenvalue weighted by molar-refractivity contribution is 0.238. The highest BCUT2D eigenvalue weighted by atomic mass is 16.5. The van der Waals surface area contributed by atoms with E-state index >= 15 is 0 Å². The summed E-state index contributed by atoms with van der Waals surface area (Å²) in [6.45, 7) is 6.66. The SMILES string of the molecule is COc1cccc([C@H](CNCc2ccc(N3CCCCC3)cc2)N2CCCC2)c1. The van der Waals surface area contributed by atoms with Crippen LogP contribution in [-0.4, -0.2) is 44.7 Å². The molecule has 2 aliphatic rings. The highest BCUT2D eigenvalue weighted by Gasteiger charge is 2.23. The molecular weight excluding hydrogens is 358 g/mol. The fraction of sp³-hybridized carbons (Fsp3) is 0.520. The van der Waals surface area contributed by atoms with E-state index in [0.717, 1.165) is 18.8 Å². The zero-order valence-electron chi connectivity index (χ0n) is 17.8. The Morgan fingerprint density at radius 2 is 1.62 bits per heavy atom. The van der Waals surface area contributed by atoms with Crippen LogP contribution in [0.1, 0.15) is 49.3 Å². The van der Waals surface area contributed by atoms with E-state index in [1.807, 2.05) is 6.07 Å². The molecule has 0 unspecified atom stereocenters. The number of rotatable bonds is 8. The molecule has 156 valence electrons. The number of likely N-dealkylation sites (tertiary alicyclic amines) is 1. The predicted molar refractivity (Wildman–Crippen MR) is 121 cm³/mol. The van der Waals surface area contributed by atoms with Crippen LogP contribution in [0.15, 0.2) is 48.5 Å². The van der Waals surface area contributed by atoms with E-state index in [0.29, 0.717) is 6.04 Å². The fourth-order valence-electron chi connectivity index (χ4n) is 4.69. The van der Waals surface area contributed by atoms with Gasteiger partial charge in [0.05, 0.1) is 7.11 Å². The minimum absolute atomic E-state index is 0.403. The summed E-state index contributed by atoms with van der Waals surface area (Å²) in [5, 5.41) is 3.72. The maximum absolute atomic E-state index is 5.46. The lowest BCUT2D eigenvalue weighted by Crippen LogP contribution is -2.34. The first kappa shape index (κ1) is 20.2. The van der Waals surface area contributed by atoms with Gasteiger partial charge in [0.15, 0.2) is 0 Å². The maximum atomic E-state index is 5.46. The van der Waals surface area contributed by atoms with Gasteiger partial charge in [0.2, 0.25) is 0 Å². The van der Waals surface area contributed by atoms with E-state index in [4.69, 9.17) is 4.74 Å². The third-order valence-electron chi connectivity index (χ3n) is 6.38. The zero-order valence-corrected chi connectivity index (χ0v) is 17.8. The average Bonchev–Trinajstić information content (AvgIpc) is 3.32. The number of ether oxygens (including phenoxy) is 1. The van der Waals surface area contributed by atoms with Gasteiger partial charge in [0.1, 0.15) is 5.75 Å². The van der Waals surface area contributed by atoms with Crippen molar-refractivity contribution >= 4 is 5.69 Å². The second kappa shape index (κ2) is 10.1. The smallest absolute Gasteiger partial charge is 0.119 e. The Balaban J connectivity index is 1.36. The summed E-state index contributed by atoms with van der Waals surface area (Å²) in [6.07, 6.45) is 6.64. The Bertz CT molecular complexity index is 749. The normalized spacial score (nSPS) is 18.7. The molecule has 2 aliphatic heterocycles. The first-order valence-corrected chi connectivity index (χ1v) is 11.3. The van der Waals surface area contributed by atoms with E-state index in [1.165, 1.54) is 75.1 Å². The number of benzene rings is 2. The molecule has 1 atom stereocenters.